The lowest BCUT2D eigenvalue weighted by Crippen LogP contribution is -2.32. The summed E-state index contributed by atoms with van der Waals surface area (Å²) in [5.41, 5.74) is 2.35. The zero-order valence-electron chi connectivity index (χ0n) is 11.7. The molecule has 2 N–H and O–H groups in total. The molecule has 1 aliphatic carbocycles. The lowest BCUT2D eigenvalue weighted by Gasteiger charge is -2.32. The monoisotopic (exact) mass is 285 g/mol. The highest BCUT2D eigenvalue weighted by Gasteiger charge is 2.34. The van der Waals surface area contributed by atoms with Crippen LogP contribution in [0.2, 0.25) is 0 Å². The molecule has 108 valence electrons. The van der Waals surface area contributed by atoms with Crippen LogP contribution in [0.3, 0.4) is 0 Å². The van der Waals surface area contributed by atoms with Gasteiger partial charge in [0.2, 0.25) is 0 Å². The van der Waals surface area contributed by atoms with Crippen LogP contribution < -0.4 is 5.32 Å². The zero-order chi connectivity index (χ0) is 15.0. The summed E-state index contributed by atoms with van der Waals surface area (Å²) < 4.78 is 10.6. The van der Waals surface area contributed by atoms with Gasteiger partial charge in [-0.2, -0.15) is 0 Å². The minimum atomic E-state index is -0.965. The van der Waals surface area contributed by atoms with Crippen LogP contribution in [0.25, 0.3) is 5.57 Å². The van der Waals surface area contributed by atoms with E-state index < -0.39 is 5.97 Å². The predicted octanol–water partition coefficient (Wildman–Crippen LogP) is 2.39. The summed E-state index contributed by atoms with van der Waals surface area (Å²) >= 11 is 0. The molecular weight excluding hydrogens is 270 g/mol. The highest BCUT2D eigenvalue weighted by molar-refractivity contribution is 6.20. The number of fused-ring (bicyclic) bond motifs is 2. The van der Waals surface area contributed by atoms with Gasteiger partial charge in [-0.05, 0) is 12.1 Å². The molecule has 1 aromatic carbocycles. The molecule has 0 saturated heterocycles. The smallest absolute Gasteiger partial charge is 0.336 e. The Morgan fingerprint density at radius 2 is 1.95 bits per heavy atom. The van der Waals surface area contributed by atoms with Crippen molar-refractivity contribution in [2.24, 2.45) is 0 Å². The quantitative estimate of drug-likeness (QED) is 0.892. The van der Waals surface area contributed by atoms with E-state index in [2.05, 4.69) is 5.32 Å². The second kappa shape index (κ2) is 5.01. The molecule has 0 fully saturated rings. The number of hydrogen-bond acceptors (Lipinski definition) is 4. The molecule has 0 radical (unpaired) electrons. The number of benzene rings is 1. The number of aliphatic carboxylic acids is 1. The molecule has 0 bridgehead atoms. The maximum absolute atomic E-state index is 11.7. The van der Waals surface area contributed by atoms with Gasteiger partial charge in [0.1, 0.15) is 17.6 Å². The molecule has 0 amide bonds. The fourth-order valence-electron chi connectivity index (χ4n) is 2.69. The molecule has 5 nitrogen and oxygen atoms in total. The van der Waals surface area contributed by atoms with Crippen LogP contribution in [-0.4, -0.2) is 31.3 Å². The molecule has 1 heterocycles. The minimum absolute atomic E-state index is 0.270. The highest BCUT2D eigenvalue weighted by Crippen LogP contribution is 2.39. The molecule has 1 aliphatic heterocycles. The average molecular weight is 285 g/mol. The molecule has 0 spiro atoms. The lowest BCUT2D eigenvalue weighted by molar-refractivity contribution is -0.130. The van der Waals surface area contributed by atoms with Gasteiger partial charge < -0.3 is 19.9 Å². The first-order chi connectivity index (χ1) is 10.2. The van der Waals surface area contributed by atoms with Gasteiger partial charge in [-0.1, -0.05) is 18.2 Å². The van der Waals surface area contributed by atoms with E-state index in [0.29, 0.717) is 22.7 Å². The maximum Gasteiger partial charge on any atom is 0.336 e. The third kappa shape index (κ3) is 2.07. The molecule has 5 heteroatoms. The van der Waals surface area contributed by atoms with E-state index in [4.69, 9.17) is 9.47 Å². The Labute approximate surface area is 122 Å². The first kappa shape index (κ1) is 13.3. The number of carbonyl (C=O) groups is 1. The SMILES string of the molecule is COC1=CC2=C(C(=O)O)c3ccccc3NC2C(OC)=C1. The molecule has 1 atom stereocenters. The third-order valence-electron chi connectivity index (χ3n) is 3.65. The minimum Gasteiger partial charge on any atom is -0.498 e. The van der Waals surface area contributed by atoms with Crippen molar-refractivity contribution in [3.63, 3.8) is 0 Å². The van der Waals surface area contributed by atoms with E-state index in [0.717, 1.165) is 5.69 Å². The number of allylic oxidation sites excluding steroid dienone is 1. The van der Waals surface area contributed by atoms with Crippen molar-refractivity contribution in [2.75, 3.05) is 19.5 Å². The number of hydrogen-bond donors (Lipinski definition) is 2. The molecule has 1 aromatic rings. The number of nitrogens with one attached hydrogen (secondary N) is 1. The van der Waals surface area contributed by atoms with E-state index in [1.807, 2.05) is 18.2 Å². The van der Waals surface area contributed by atoms with E-state index >= 15 is 0 Å². The number of ether oxygens (including phenoxy) is 2. The van der Waals surface area contributed by atoms with E-state index in [9.17, 15) is 9.90 Å². The van der Waals surface area contributed by atoms with Crippen LogP contribution in [0, 0.1) is 0 Å². The predicted molar refractivity (Wildman–Crippen MR) is 78.6 cm³/mol. The van der Waals surface area contributed by atoms with Crippen LogP contribution >= 0.6 is 0 Å². The molecule has 1 unspecified atom stereocenters. The van der Waals surface area contributed by atoms with Crippen molar-refractivity contribution in [3.05, 3.63) is 59.1 Å². The van der Waals surface area contributed by atoms with Gasteiger partial charge in [-0.15, -0.1) is 0 Å². The molecule has 21 heavy (non-hydrogen) atoms. The lowest BCUT2D eigenvalue weighted by atomic mass is 9.86. The van der Waals surface area contributed by atoms with E-state index in [1.54, 1.807) is 32.4 Å². The third-order valence-corrected chi connectivity index (χ3v) is 3.65. The molecular formula is C16H15NO4. The number of rotatable bonds is 3. The number of carboxylic acids is 1. The van der Waals surface area contributed by atoms with Crippen molar-refractivity contribution in [1.29, 1.82) is 0 Å². The first-order valence-corrected chi connectivity index (χ1v) is 6.50. The molecule has 0 aromatic heterocycles. The Bertz CT molecular complexity index is 700. The summed E-state index contributed by atoms with van der Waals surface area (Å²) in [4.78, 5) is 11.7. The summed E-state index contributed by atoms with van der Waals surface area (Å²) in [5.74, 6) is 0.226. The van der Waals surface area contributed by atoms with Gasteiger partial charge in [0.15, 0.2) is 0 Å². The number of methoxy groups -OCH3 is 2. The summed E-state index contributed by atoms with van der Waals surface area (Å²) in [6, 6.07) is 7.01. The van der Waals surface area contributed by atoms with E-state index in [1.165, 1.54) is 0 Å². The maximum atomic E-state index is 11.7. The van der Waals surface area contributed by atoms with Gasteiger partial charge in [0, 0.05) is 22.9 Å². The summed E-state index contributed by atoms with van der Waals surface area (Å²) in [7, 11) is 3.10. The van der Waals surface area contributed by atoms with Crippen molar-refractivity contribution in [2.45, 2.75) is 6.04 Å². The zero-order valence-corrected chi connectivity index (χ0v) is 11.7. The van der Waals surface area contributed by atoms with Crippen molar-refractivity contribution in [1.82, 2.24) is 0 Å². The number of anilines is 1. The van der Waals surface area contributed by atoms with Crippen LogP contribution in [-0.2, 0) is 14.3 Å². The van der Waals surface area contributed by atoms with Crippen LogP contribution in [0.15, 0.2) is 53.5 Å². The van der Waals surface area contributed by atoms with Gasteiger partial charge in [-0.25, -0.2) is 4.79 Å². The Kier molecular flexibility index (Phi) is 3.17. The summed E-state index contributed by atoms with van der Waals surface area (Å²) in [6.45, 7) is 0. The second-order valence-electron chi connectivity index (χ2n) is 4.76. The summed E-state index contributed by atoms with van der Waals surface area (Å²) in [5, 5.41) is 12.9. The first-order valence-electron chi connectivity index (χ1n) is 6.50. The van der Waals surface area contributed by atoms with Crippen LogP contribution in [0.4, 0.5) is 5.69 Å². The summed E-state index contributed by atoms with van der Waals surface area (Å²) in [6.07, 6.45) is 3.49. The Balaban J connectivity index is 2.26. The van der Waals surface area contributed by atoms with Crippen molar-refractivity contribution >= 4 is 17.2 Å². The molecule has 0 saturated carbocycles. The van der Waals surface area contributed by atoms with Gasteiger partial charge in [0.25, 0.3) is 0 Å². The highest BCUT2D eigenvalue weighted by atomic mass is 16.5. The Hall–Kier alpha value is -2.69. The van der Waals surface area contributed by atoms with Gasteiger partial charge >= 0.3 is 5.97 Å². The van der Waals surface area contributed by atoms with E-state index in [-0.39, 0.29) is 11.6 Å². The number of carboxylic acid groups (broad SMARTS) is 1. The van der Waals surface area contributed by atoms with Crippen molar-refractivity contribution in [3.8, 4) is 0 Å². The van der Waals surface area contributed by atoms with Crippen molar-refractivity contribution < 1.29 is 19.4 Å². The largest absolute Gasteiger partial charge is 0.498 e. The standard InChI is InChI=1S/C16H15NO4/c1-20-9-7-11-14(16(18)19)10-5-3-4-6-12(10)17-15(11)13(8-9)21-2/h3-8,15,17H,1-2H3,(H,18,19). The fraction of sp³-hybridized carbons (Fsp3) is 0.188. The van der Waals surface area contributed by atoms with Crippen LogP contribution in [0.1, 0.15) is 5.56 Å². The van der Waals surface area contributed by atoms with Gasteiger partial charge in [0.05, 0.1) is 19.8 Å². The topological polar surface area (TPSA) is 67.8 Å². The fourth-order valence-corrected chi connectivity index (χ4v) is 2.69. The Morgan fingerprint density at radius 3 is 2.62 bits per heavy atom. The van der Waals surface area contributed by atoms with Crippen LogP contribution in [0.5, 0.6) is 0 Å². The normalized spacial score (nSPS) is 19.6. The average Bonchev–Trinajstić information content (AvgIpc) is 2.51. The number of para-hydroxylation sites is 1. The van der Waals surface area contributed by atoms with Gasteiger partial charge in [-0.3, -0.25) is 0 Å². The molecule has 2 aliphatic rings. The second-order valence-corrected chi connectivity index (χ2v) is 4.76. The Morgan fingerprint density at radius 1 is 1.19 bits per heavy atom. The molecule has 3 rings (SSSR count).